The van der Waals surface area contributed by atoms with Crippen molar-refractivity contribution in [1.82, 2.24) is 10.6 Å². The van der Waals surface area contributed by atoms with Crippen molar-refractivity contribution in [2.24, 2.45) is 0 Å². The number of halogens is 3. The largest absolute Gasteiger partial charge is 0.490 e. The van der Waals surface area contributed by atoms with Crippen molar-refractivity contribution >= 4 is 33.3 Å². The number of piperazine rings is 1. The standard InChI is InChI=1S/C21H28N4O3S.C2HF3O2/c1-4-23-21(26)19-14-17(6-8-20(19)25-11-9-22-10-12-25)24-29(27,28)18-7-5-15(2)16(3)13-18;3-2(4,5)1(6)7/h5-8,13-14,22,24H,4,9-12H2,1-3H3,(H,23,26);(H,6,7). The van der Waals surface area contributed by atoms with Crippen LogP contribution in [-0.2, 0) is 14.8 Å². The molecule has 0 spiro atoms. The lowest BCUT2D eigenvalue weighted by atomic mass is 10.1. The van der Waals surface area contributed by atoms with Crippen LogP contribution < -0.4 is 20.3 Å². The summed E-state index contributed by atoms with van der Waals surface area (Å²) in [4.78, 5) is 23.9. The van der Waals surface area contributed by atoms with Crippen LogP contribution in [0.5, 0.6) is 0 Å². The molecule has 1 aliphatic rings. The van der Waals surface area contributed by atoms with E-state index in [1.54, 1.807) is 30.3 Å². The quantitative estimate of drug-likeness (QED) is 0.452. The molecule has 0 aromatic heterocycles. The molecule has 1 fully saturated rings. The molecular weight excluding hydrogens is 501 g/mol. The number of carboxylic acid groups (broad SMARTS) is 1. The van der Waals surface area contributed by atoms with Crippen LogP contribution in [0.25, 0.3) is 0 Å². The van der Waals surface area contributed by atoms with Gasteiger partial charge in [0.25, 0.3) is 15.9 Å². The Morgan fingerprint density at radius 3 is 2.19 bits per heavy atom. The second-order valence-corrected chi connectivity index (χ2v) is 9.67. The number of aryl methyl sites for hydroxylation is 2. The van der Waals surface area contributed by atoms with E-state index in [1.165, 1.54) is 0 Å². The Labute approximate surface area is 207 Å². The van der Waals surface area contributed by atoms with Gasteiger partial charge in [-0.15, -0.1) is 0 Å². The lowest BCUT2D eigenvalue weighted by Gasteiger charge is -2.31. The van der Waals surface area contributed by atoms with Gasteiger partial charge in [0.05, 0.1) is 10.5 Å². The number of anilines is 2. The number of hydrogen-bond acceptors (Lipinski definition) is 6. The molecule has 0 saturated carbocycles. The lowest BCUT2D eigenvalue weighted by Crippen LogP contribution is -2.44. The van der Waals surface area contributed by atoms with Crippen molar-refractivity contribution in [3.05, 3.63) is 53.1 Å². The Morgan fingerprint density at radius 1 is 1.06 bits per heavy atom. The molecule has 3 rings (SSSR count). The first-order valence-electron chi connectivity index (χ1n) is 11.0. The maximum Gasteiger partial charge on any atom is 0.490 e. The number of hydrogen-bond donors (Lipinski definition) is 4. The van der Waals surface area contributed by atoms with Crippen molar-refractivity contribution in [2.75, 3.05) is 42.3 Å². The minimum Gasteiger partial charge on any atom is -0.475 e. The topological polar surface area (TPSA) is 128 Å². The van der Waals surface area contributed by atoms with E-state index in [0.29, 0.717) is 17.8 Å². The molecule has 1 saturated heterocycles. The van der Waals surface area contributed by atoms with Gasteiger partial charge in [-0.05, 0) is 62.2 Å². The van der Waals surface area contributed by atoms with E-state index < -0.39 is 22.2 Å². The molecule has 1 heterocycles. The van der Waals surface area contributed by atoms with Gasteiger partial charge in [0.1, 0.15) is 0 Å². The average molecular weight is 531 g/mol. The van der Waals surface area contributed by atoms with Crippen LogP contribution in [0, 0.1) is 13.8 Å². The Hall–Kier alpha value is -3.32. The highest BCUT2D eigenvalue weighted by atomic mass is 32.2. The maximum atomic E-state index is 12.8. The van der Waals surface area contributed by atoms with Crippen LogP contribution in [0.4, 0.5) is 24.5 Å². The Balaban J connectivity index is 0.000000572. The molecule has 9 nitrogen and oxygen atoms in total. The summed E-state index contributed by atoms with van der Waals surface area (Å²) in [5, 5.41) is 13.2. The minimum absolute atomic E-state index is 0.200. The molecule has 0 bridgehead atoms. The van der Waals surface area contributed by atoms with Gasteiger partial charge in [-0.2, -0.15) is 13.2 Å². The van der Waals surface area contributed by atoms with E-state index >= 15 is 0 Å². The Bertz CT molecular complexity index is 1200. The molecule has 1 aliphatic heterocycles. The summed E-state index contributed by atoms with van der Waals surface area (Å²) in [5.74, 6) is -2.97. The van der Waals surface area contributed by atoms with E-state index in [-0.39, 0.29) is 10.8 Å². The zero-order chi connectivity index (χ0) is 27.1. The van der Waals surface area contributed by atoms with Crippen LogP contribution in [0.2, 0.25) is 0 Å². The molecule has 1 amide bonds. The van der Waals surface area contributed by atoms with Gasteiger partial charge in [-0.1, -0.05) is 6.07 Å². The van der Waals surface area contributed by atoms with Crippen molar-refractivity contribution in [2.45, 2.75) is 31.8 Å². The monoisotopic (exact) mass is 530 g/mol. The molecule has 0 radical (unpaired) electrons. The molecule has 2 aromatic rings. The number of carboxylic acids is 1. The average Bonchev–Trinajstić information content (AvgIpc) is 2.81. The summed E-state index contributed by atoms with van der Waals surface area (Å²) in [7, 11) is -3.75. The lowest BCUT2D eigenvalue weighted by molar-refractivity contribution is -0.192. The summed E-state index contributed by atoms with van der Waals surface area (Å²) in [6, 6.07) is 10.2. The smallest absolute Gasteiger partial charge is 0.475 e. The SMILES string of the molecule is CCNC(=O)c1cc(NS(=O)(=O)c2ccc(C)c(C)c2)ccc1N1CCNCC1.O=C(O)C(F)(F)F. The number of benzene rings is 2. The third-order valence-corrected chi connectivity index (χ3v) is 6.70. The number of nitrogens with one attached hydrogen (secondary N) is 3. The fourth-order valence-corrected chi connectivity index (χ4v) is 4.45. The third kappa shape index (κ3) is 7.85. The third-order valence-electron chi connectivity index (χ3n) is 5.32. The molecule has 2 aromatic carbocycles. The highest BCUT2D eigenvalue weighted by Crippen LogP contribution is 2.27. The van der Waals surface area contributed by atoms with Gasteiger partial charge < -0.3 is 20.6 Å². The summed E-state index contributed by atoms with van der Waals surface area (Å²) < 4.78 is 60.0. The molecule has 36 heavy (non-hydrogen) atoms. The van der Waals surface area contributed by atoms with E-state index in [2.05, 4.69) is 20.3 Å². The van der Waals surface area contributed by atoms with E-state index in [4.69, 9.17) is 9.90 Å². The van der Waals surface area contributed by atoms with Gasteiger partial charge in [-0.25, -0.2) is 13.2 Å². The second kappa shape index (κ2) is 12.1. The molecule has 0 atom stereocenters. The van der Waals surface area contributed by atoms with Crippen LogP contribution in [0.1, 0.15) is 28.4 Å². The van der Waals surface area contributed by atoms with Crippen LogP contribution in [0.3, 0.4) is 0 Å². The number of carbonyl (C=O) groups is 2. The number of amides is 1. The predicted molar refractivity (Wildman–Crippen MR) is 130 cm³/mol. The fraction of sp³-hybridized carbons (Fsp3) is 0.391. The van der Waals surface area contributed by atoms with E-state index in [9.17, 15) is 26.4 Å². The molecular formula is C23H29F3N4O5S. The molecule has 198 valence electrons. The van der Waals surface area contributed by atoms with E-state index in [0.717, 1.165) is 43.0 Å². The Kier molecular flexibility index (Phi) is 9.70. The summed E-state index contributed by atoms with van der Waals surface area (Å²) in [5.41, 5.74) is 3.58. The zero-order valence-electron chi connectivity index (χ0n) is 20.1. The second-order valence-electron chi connectivity index (χ2n) is 7.98. The molecule has 0 unspecified atom stereocenters. The first kappa shape index (κ1) is 28.9. The fourth-order valence-electron chi connectivity index (χ4n) is 3.31. The van der Waals surface area contributed by atoms with Crippen molar-refractivity contribution in [1.29, 1.82) is 0 Å². The van der Waals surface area contributed by atoms with Crippen molar-refractivity contribution in [3.63, 3.8) is 0 Å². The van der Waals surface area contributed by atoms with Crippen LogP contribution >= 0.6 is 0 Å². The normalized spacial score (nSPS) is 13.9. The molecule has 0 aliphatic carbocycles. The van der Waals surface area contributed by atoms with Crippen LogP contribution in [0.15, 0.2) is 41.3 Å². The van der Waals surface area contributed by atoms with Gasteiger partial charge >= 0.3 is 12.1 Å². The van der Waals surface area contributed by atoms with Crippen molar-refractivity contribution < 1.29 is 36.3 Å². The molecule has 4 N–H and O–H groups in total. The number of carbonyl (C=O) groups excluding carboxylic acids is 1. The summed E-state index contributed by atoms with van der Waals surface area (Å²) >= 11 is 0. The highest BCUT2D eigenvalue weighted by Gasteiger charge is 2.38. The number of aliphatic carboxylic acids is 1. The van der Waals surface area contributed by atoms with Gasteiger partial charge in [0, 0.05) is 44.1 Å². The highest BCUT2D eigenvalue weighted by molar-refractivity contribution is 7.92. The number of alkyl halides is 3. The molecule has 13 heteroatoms. The number of rotatable bonds is 6. The maximum absolute atomic E-state index is 12.8. The van der Waals surface area contributed by atoms with E-state index in [1.807, 2.05) is 26.8 Å². The minimum atomic E-state index is -5.08. The Morgan fingerprint density at radius 2 is 1.67 bits per heavy atom. The summed E-state index contributed by atoms with van der Waals surface area (Å²) in [6.07, 6.45) is -5.08. The van der Waals surface area contributed by atoms with Gasteiger partial charge in [-0.3, -0.25) is 9.52 Å². The van der Waals surface area contributed by atoms with Crippen molar-refractivity contribution in [3.8, 4) is 0 Å². The first-order valence-corrected chi connectivity index (χ1v) is 12.5. The number of nitrogens with zero attached hydrogens (tertiary/aromatic N) is 1. The van der Waals surface area contributed by atoms with Gasteiger partial charge in [0.15, 0.2) is 0 Å². The summed E-state index contributed by atoms with van der Waals surface area (Å²) in [6.45, 7) is 9.44. The first-order chi connectivity index (χ1) is 16.8. The predicted octanol–water partition coefficient (Wildman–Crippen LogP) is 2.90. The number of sulfonamides is 1. The van der Waals surface area contributed by atoms with Gasteiger partial charge in [0.2, 0.25) is 0 Å². The zero-order valence-corrected chi connectivity index (χ0v) is 20.9. The van der Waals surface area contributed by atoms with Crippen LogP contribution in [-0.4, -0.2) is 64.3 Å².